The van der Waals surface area contributed by atoms with E-state index in [9.17, 15) is 9.59 Å². The van der Waals surface area contributed by atoms with Crippen molar-refractivity contribution >= 4 is 33.4 Å². The minimum absolute atomic E-state index is 0.0333. The Labute approximate surface area is 169 Å². The van der Waals surface area contributed by atoms with Crippen molar-refractivity contribution in [3.63, 3.8) is 0 Å². The molecule has 0 unspecified atom stereocenters. The second-order valence-electron chi connectivity index (χ2n) is 6.95. The van der Waals surface area contributed by atoms with Crippen LogP contribution in [0.1, 0.15) is 48.5 Å². The standard InChI is InChI=1S/C22H25BrN2O2/c1-17(26)25-15-7-3-2-6-14-24(16-19-8-4-5-9-21(19)25)22(27)18-10-12-20(23)13-11-18/h4-5,8-13H,2-3,6-7,14-16H2,1H3. The predicted molar refractivity (Wildman–Crippen MR) is 112 cm³/mol. The first kappa shape index (κ1) is 19.6. The number of para-hydroxylation sites is 1. The number of benzene rings is 2. The highest BCUT2D eigenvalue weighted by molar-refractivity contribution is 9.10. The average molecular weight is 429 g/mol. The van der Waals surface area contributed by atoms with Crippen LogP contribution in [0, 0.1) is 0 Å². The molecule has 4 nitrogen and oxygen atoms in total. The summed E-state index contributed by atoms with van der Waals surface area (Å²) in [4.78, 5) is 29.1. The zero-order valence-electron chi connectivity index (χ0n) is 15.7. The summed E-state index contributed by atoms with van der Waals surface area (Å²) in [5.41, 5.74) is 2.62. The Hall–Kier alpha value is -2.14. The molecule has 0 bridgehead atoms. The molecule has 0 fully saturated rings. The van der Waals surface area contributed by atoms with Gasteiger partial charge < -0.3 is 9.80 Å². The molecule has 1 heterocycles. The van der Waals surface area contributed by atoms with E-state index >= 15 is 0 Å². The zero-order chi connectivity index (χ0) is 19.2. The second kappa shape index (κ2) is 9.18. The topological polar surface area (TPSA) is 40.6 Å². The molecule has 2 aromatic rings. The van der Waals surface area contributed by atoms with E-state index in [1.54, 1.807) is 6.92 Å². The lowest BCUT2D eigenvalue weighted by atomic mass is 10.1. The molecule has 0 saturated carbocycles. The highest BCUT2D eigenvalue weighted by atomic mass is 79.9. The van der Waals surface area contributed by atoms with Crippen molar-refractivity contribution in [3.05, 3.63) is 64.1 Å². The average Bonchev–Trinajstić information content (AvgIpc) is 2.70. The first-order chi connectivity index (χ1) is 13.1. The summed E-state index contributed by atoms with van der Waals surface area (Å²) < 4.78 is 0.957. The van der Waals surface area contributed by atoms with Gasteiger partial charge in [0.1, 0.15) is 0 Å². The molecular formula is C22H25BrN2O2. The Balaban J connectivity index is 1.93. The molecule has 0 atom stereocenters. The smallest absolute Gasteiger partial charge is 0.254 e. The summed E-state index contributed by atoms with van der Waals surface area (Å²) in [6, 6.07) is 15.4. The van der Waals surface area contributed by atoms with E-state index in [0.717, 1.165) is 54.5 Å². The molecule has 0 aromatic heterocycles. The molecule has 0 aliphatic carbocycles. The molecule has 142 valence electrons. The van der Waals surface area contributed by atoms with Gasteiger partial charge in [0, 0.05) is 42.3 Å². The summed E-state index contributed by atoms with van der Waals surface area (Å²) in [5, 5.41) is 0. The fourth-order valence-electron chi connectivity index (χ4n) is 3.51. The van der Waals surface area contributed by atoms with E-state index in [0.29, 0.717) is 12.1 Å². The maximum atomic E-state index is 13.1. The number of nitrogens with zero attached hydrogens (tertiary/aromatic N) is 2. The van der Waals surface area contributed by atoms with Gasteiger partial charge in [-0.1, -0.05) is 47.0 Å². The van der Waals surface area contributed by atoms with Crippen molar-refractivity contribution in [1.29, 1.82) is 0 Å². The van der Waals surface area contributed by atoms with Crippen molar-refractivity contribution in [2.24, 2.45) is 0 Å². The Morgan fingerprint density at radius 2 is 1.56 bits per heavy atom. The minimum atomic E-state index is 0.0333. The van der Waals surface area contributed by atoms with Gasteiger partial charge in [0.15, 0.2) is 0 Å². The number of fused-ring (bicyclic) bond motifs is 1. The number of carbonyl (C=O) groups excluding carboxylic acids is 2. The van der Waals surface area contributed by atoms with Crippen molar-refractivity contribution in [1.82, 2.24) is 4.90 Å². The largest absolute Gasteiger partial charge is 0.334 e. The summed E-state index contributed by atoms with van der Waals surface area (Å²) in [5.74, 6) is 0.0819. The molecule has 5 heteroatoms. The van der Waals surface area contributed by atoms with Gasteiger partial charge in [-0.05, 0) is 48.7 Å². The first-order valence-electron chi connectivity index (χ1n) is 9.47. The maximum absolute atomic E-state index is 13.1. The van der Waals surface area contributed by atoms with E-state index in [1.165, 1.54) is 0 Å². The molecule has 1 aliphatic heterocycles. The van der Waals surface area contributed by atoms with Gasteiger partial charge >= 0.3 is 0 Å². The van der Waals surface area contributed by atoms with Crippen LogP contribution in [0.15, 0.2) is 53.0 Å². The van der Waals surface area contributed by atoms with Crippen LogP contribution in [0.2, 0.25) is 0 Å². The summed E-state index contributed by atoms with van der Waals surface area (Å²) in [6.07, 6.45) is 4.08. The maximum Gasteiger partial charge on any atom is 0.254 e. The molecule has 3 rings (SSSR count). The van der Waals surface area contributed by atoms with E-state index in [2.05, 4.69) is 15.9 Å². The van der Waals surface area contributed by atoms with Crippen LogP contribution < -0.4 is 4.90 Å². The Kier molecular flexibility index (Phi) is 6.67. The Bertz CT molecular complexity index is 804. The third-order valence-corrected chi connectivity index (χ3v) is 5.49. The molecule has 2 aromatic carbocycles. The highest BCUT2D eigenvalue weighted by Gasteiger charge is 2.21. The third kappa shape index (κ3) is 4.98. The van der Waals surface area contributed by atoms with Crippen molar-refractivity contribution in [3.8, 4) is 0 Å². The minimum Gasteiger partial charge on any atom is -0.334 e. The van der Waals surface area contributed by atoms with Crippen LogP contribution in [0.25, 0.3) is 0 Å². The Morgan fingerprint density at radius 1 is 0.889 bits per heavy atom. The SMILES string of the molecule is CC(=O)N1CCCCCCN(C(=O)c2ccc(Br)cc2)Cc2ccccc21. The molecule has 2 amide bonds. The number of halogens is 1. The lowest BCUT2D eigenvalue weighted by Gasteiger charge is -2.27. The lowest BCUT2D eigenvalue weighted by molar-refractivity contribution is -0.116. The summed E-state index contributed by atoms with van der Waals surface area (Å²) in [6.45, 7) is 3.58. The predicted octanol–water partition coefficient (Wildman–Crippen LogP) is 5.02. The van der Waals surface area contributed by atoms with E-state index < -0.39 is 0 Å². The van der Waals surface area contributed by atoms with Crippen LogP contribution in [0.5, 0.6) is 0 Å². The summed E-state index contributed by atoms with van der Waals surface area (Å²) >= 11 is 3.42. The molecule has 0 saturated heterocycles. The van der Waals surface area contributed by atoms with Crippen molar-refractivity contribution in [2.75, 3.05) is 18.0 Å². The summed E-state index contributed by atoms with van der Waals surface area (Å²) in [7, 11) is 0. The van der Waals surface area contributed by atoms with Crippen LogP contribution in [-0.4, -0.2) is 29.8 Å². The van der Waals surface area contributed by atoms with Crippen LogP contribution >= 0.6 is 15.9 Å². The van der Waals surface area contributed by atoms with E-state index in [-0.39, 0.29) is 11.8 Å². The fraction of sp³-hybridized carbons (Fsp3) is 0.364. The van der Waals surface area contributed by atoms with Crippen LogP contribution in [-0.2, 0) is 11.3 Å². The number of hydrogen-bond donors (Lipinski definition) is 0. The van der Waals surface area contributed by atoms with Crippen LogP contribution in [0.4, 0.5) is 5.69 Å². The number of carbonyl (C=O) groups is 2. The van der Waals surface area contributed by atoms with E-state index in [4.69, 9.17) is 0 Å². The van der Waals surface area contributed by atoms with Crippen molar-refractivity contribution in [2.45, 2.75) is 39.2 Å². The molecular weight excluding hydrogens is 404 g/mol. The second-order valence-corrected chi connectivity index (χ2v) is 7.86. The van der Waals surface area contributed by atoms with Crippen LogP contribution in [0.3, 0.4) is 0 Å². The van der Waals surface area contributed by atoms with Gasteiger partial charge in [-0.25, -0.2) is 0 Å². The number of hydrogen-bond acceptors (Lipinski definition) is 2. The first-order valence-corrected chi connectivity index (χ1v) is 10.3. The lowest BCUT2D eigenvalue weighted by Crippen LogP contribution is -2.33. The van der Waals surface area contributed by atoms with Gasteiger partial charge in [-0.2, -0.15) is 0 Å². The molecule has 0 radical (unpaired) electrons. The number of rotatable bonds is 1. The monoisotopic (exact) mass is 428 g/mol. The quantitative estimate of drug-likeness (QED) is 0.639. The normalized spacial score (nSPS) is 15.6. The zero-order valence-corrected chi connectivity index (χ0v) is 17.2. The molecule has 27 heavy (non-hydrogen) atoms. The molecule has 1 aliphatic rings. The van der Waals surface area contributed by atoms with Crippen molar-refractivity contribution < 1.29 is 9.59 Å². The number of amides is 2. The van der Waals surface area contributed by atoms with Gasteiger partial charge in [0.05, 0.1) is 0 Å². The fourth-order valence-corrected chi connectivity index (χ4v) is 3.78. The van der Waals surface area contributed by atoms with Gasteiger partial charge in [0.2, 0.25) is 5.91 Å². The highest BCUT2D eigenvalue weighted by Crippen LogP contribution is 2.25. The van der Waals surface area contributed by atoms with Gasteiger partial charge in [-0.15, -0.1) is 0 Å². The third-order valence-electron chi connectivity index (χ3n) is 4.96. The van der Waals surface area contributed by atoms with E-state index in [1.807, 2.05) is 58.3 Å². The Morgan fingerprint density at radius 3 is 2.26 bits per heavy atom. The molecule has 0 N–H and O–H groups in total. The number of anilines is 1. The van der Waals surface area contributed by atoms with Gasteiger partial charge in [-0.3, -0.25) is 9.59 Å². The van der Waals surface area contributed by atoms with Gasteiger partial charge in [0.25, 0.3) is 5.91 Å². The molecule has 0 spiro atoms.